The first-order valence-corrected chi connectivity index (χ1v) is 7.73. The van der Waals surface area contributed by atoms with Gasteiger partial charge in [0.2, 0.25) is 0 Å². The Hall–Kier alpha value is -0.0800. The summed E-state index contributed by atoms with van der Waals surface area (Å²) >= 11 is 0. The number of nitrogens with one attached hydrogen (secondary N) is 1. The minimum Gasteiger partial charge on any atom is -0.396 e. The van der Waals surface area contributed by atoms with Gasteiger partial charge in [0.1, 0.15) is 0 Å². The molecule has 108 valence electrons. The Morgan fingerprint density at radius 3 is 2.28 bits per heavy atom. The second-order valence-corrected chi connectivity index (χ2v) is 7.39. The zero-order valence-corrected chi connectivity index (χ0v) is 13.0. The Morgan fingerprint density at radius 1 is 1.17 bits per heavy atom. The topological polar surface area (TPSA) is 32.3 Å². The van der Waals surface area contributed by atoms with E-state index in [4.69, 9.17) is 0 Å². The van der Waals surface area contributed by atoms with Crippen molar-refractivity contribution < 1.29 is 5.11 Å². The van der Waals surface area contributed by atoms with Crippen molar-refractivity contribution in [3.8, 4) is 0 Å². The predicted octanol–water partition coefficient (Wildman–Crippen LogP) is 3.59. The third-order valence-electron chi connectivity index (χ3n) is 4.55. The standard InChI is InChI=1S/C16H33NO/c1-12(2)14(10-11-18)17-15-9-7-6-8-13(15)16(3,4)5/h12-15,17-18H,6-11H2,1-5H3. The molecule has 0 bridgehead atoms. The predicted molar refractivity (Wildman–Crippen MR) is 78.7 cm³/mol. The van der Waals surface area contributed by atoms with Crippen LogP contribution in [0.4, 0.5) is 0 Å². The summed E-state index contributed by atoms with van der Waals surface area (Å²) in [6.45, 7) is 11.9. The van der Waals surface area contributed by atoms with Crippen LogP contribution in [0.1, 0.15) is 66.7 Å². The first-order valence-electron chi connectivity index (χ1n) is 7.73. The molecule has 3 unspecified atom stereocenters. The molecule has 2 N–H and O–H groups in total. The van der Waals surface area contributed by atoms with E-state index < -0.39 is 0 Å². The molecule has 0 spiro atoms. The monoisotopic (exact) mass is 255 g/mol. The van der Waals surface area contributed by atoms with E-state index in [0.29, 0.717) is 30.0 Å². The fourth-order valence-corrected chi connectivity index (χ4v) is 3.39. The summed E-state index contributed by atoms with van der Waals surface area (Å²) in [5, 5.41) is 13.1. The van der Waals surface area contributed by atoms with Gasteiger partial charge in [-0.1, -0.05) is 47.5 Å². The maximum Gasteiger partial charge on any atom is 0.0445 e. The fraction of sp³-hybridized carbons (Fsp3) is 1.00. The van der Waals surface area contributed by atoms with Crippen molar-refractivity contribution in [3.63, 3.8) is 0 Å². The highest BCUT2D eigenvalue weighted by atomic mass is 16.3. The van der Waals surface area contributed by atoms with Crippen molar-refractivity contribution in [3.05, 3.63) is 0 Å². The molecule has 1 saturated carbocycles. The SMILES string of the molecule is CC(C)C(CCO)NC1CCCCC1C(C)(C)C. The largest absolute Gasteiger partial charge is 0.396 e. The van der Waals surface area contributed by atoms with Gasteiger partial charge in [0.25, 0.3) is 0 Å². The highest BCUT2D eigenvalue weighted by molar-refractivity contribution is 4.90. The van der Waals surface area contributed by atoms with Crippen molar-refractivity contribution in [1.82, 2.24) is 5.32 Å². The number of hydrogen-bond donors (Lipinski definition) is 2. The molecule has 2 nitrogen and oxygen atoms in total. The van der Waals surface area contributed by atoms with Crippen LogP contribution in [0.5, 0.6) is 0 Å². The maximum absolute atomic E-state index is 9.20. The fourth-order valence-electron chi connectivity index (χ4n) is 3.39. The molecule has 1 fully saturated rings. The number of rotatable bonds is 5. The molecule has 18 heavy (non-hydrogen) atoms. The van der Waals surface area contributed by atoms with Gasteiger partial charge in [-0.15, -0.1) is 0 Å². The first kappa shape index (κ1) is 16.0. The first-order chi connectivity index (χ1) is 8.36. The van der Waals surface area contributed by atoms with Gasteiger partial charge in [-0.25, -0.2) is 0 Å². The summed E-state index contributed by atoms with van der Waals surface area (Å²) in [6.07, 6.45) is 6.27. The molecule has 1 aliphatic rings. The van der Waals surface area contributed by atoms with Gasteiger partial charge in [0.05, 0.1) is 0 Å². The molecule has 2 heteroatoms. The molecular formula is C16H33NO. The molecule has 1 aliphatic carbocycles. The number of hydrogen-bond acceptors (Lipinski definition) is 2. The van der Waals surface area contributed by atoms with Gasteiger partial charge in [0.15, 0.2) is 0 Å². The third kappa shape index (κ3) is 4.55. The maximum atomic E-state index is 9.20. The highest BCUT2D eigenvalue weighted by Gasteiger charge is 2.35. The normalized spacial score (nSPS) is 27.5. The molecule has 0 aliphatic heterocycles. The van der Waals surface area contributed by atoms with E-state index in [1.54, 1.807) is 0 Å². The summed E-state index contributed by atoms with van der Waals surface area (Å²) in [5.41, 5.74) is 0.388. The molecule has 0 saturated heterocycles. The number of aliphatic hydroxyl groups excluding tert-OH is 1. The summed E-state index contributed by atoms with van der Waals surface area (Å²) in [4.78, 5) is 0. The Labute approximate surface area is 114 Å². The van der Waals surface area contributed by atoms with Crippen LogP contribution in [0, 0.1) is 17.3 Å². The summed E-state index contributed by atoms with van der Waals surface area (Å²) in [7, 11) is 0. The van der Waals surface area contributed by atoms with Crippen LogP contribution in [0.2, 0.25) is 0 Å². The average Bonchev–Trinajstić information content (AvgIpc) is 2.27. The molecule has 0 amide bonds. The van der Waals surface area contributed by atoms with Gasteiger partial charge in [-0.05, 0) is 36.5 Å². The Bertz CT molecular complexity index is 232. The van der Waals surface area contributed by atoms with Gasteiger partial charge < -0.3 is 10.4 Å². The lowest BCUT2D eigenvalue weighted by Gasteiger charge is -2.43. The van der Waals surface area contributed by atoms with E-state index in [0.717, 1.165) is 12.3 Å². The molecule has 1 rings (SSSR count). The minimum atomic E-state index is 0.294. The van der Waals surface area contributed by atoms with Crippen LogP contribution in [-0.2, 0) is 0 Å². The van der Waals surface area contributed by atoms with E-state index in [2.05, 4.69) is 39.9 Å². The Balaban J connectivity index is 2.65. The van der Waals surface area contributed by atoms with Crippen molar-refractivity contribution in [2.45, 2.75) is 78.8 Å². The molecule has 0 radical (unpaired) electrons. The zero-order valence-electron chi connectivity index (χ0n) is 13.0. The van der Waals surface area contributed by atoms with Crippen LogP contribution in [0.25, 0.3) is 0 Å². The Kier molecular flexibility index (Phi) is 6.13. The van der Waals surface area contributed by atoms with E-state index in [1.165, 1.54) is 25.7 Å². The smallest absolute Gasteiger partial charge is 0.0445 e. The lowest BCUT2D eigenvalue weighted by Crippen LogP contribution is -2.50. The van der Waals surface area contributed by atoms with Gasteiger partial charge in [0, 0.05) is 18.7 Å². The van der Waals surface area contributed by atoms with E-state index in [9.17, 15) is 5.11 Å². The molecule has 0 aromatic heterocycles. The lowest BCUT2D eigenvalue weighted by molar-refractivity contribution is 0.111. The van der Waals surface area contributed by atoms with E-state index >= 15 is 0 Å². The molecule has 0 aromatic carbocycles. The summed E-state index contributed by atoms with van der Waals surface area (Å²) in [5.74, 6) is 1.37. The van der Waals surface area contributed by atoms with Crippen molar-refractivity contribution in [2.75, 3.05) is 6.61 Å². The molecule has 0 heterocycles. The van der Waals surface area contributed by atoms with Crippen molar-refractivity contribution >= 4 is 0 Å². The van der Waals surface area contributed by atoms with Crippen LogP contribution in [0.3, 0.4) is 0 Å². The van der Waals surface area contributed by atoms with Gasteiger partial charge >= 0.3 is 0 Å². The highest BCUT2D eigenvalue weighted by Crippen LogP contribution is 2.38. The zero-order chi connectivity index (χ0) is 13.8. The summed E-state index contributed by atoms with van der Waals surface area (Å²) < 4.78 is 0. The van der Waals surface area contributed by atoms with Crippen LogP contribution >= 0.6 is 0 Å². The third-order valence-corrected chi connectivity index (χ3v) is 4.55. The molecular weight excluding hydrogens is 222 g/mol. The summed E-state index contributed by atoms with van der Waals surface area (Å²) in [6, 6.07) is 1.10. The quantitative estimate of drug-likeness (QED) is 0.787. The molecule has 3 atom stereocenters. The van der Waals surface area contributed by atoms with Crippen molar-refractivity contribution in [1.29, 1.82) is 0 Å². The van der Waals surface area contributed by atoms with Gasteiger partial charge in [-0.3, -0.25) is 0 Å². The number of aliphatic hydroxyl groups is 1. The van der Waals surface area contributed by atoms with E-state index in [1.807, 2.05) is 0 Å². The second-order valence-electron chi connectivity index (χ2n) is 7.39. The Morgan fingerprint density at radius 2 is 1.78 bits per heavy atom. The van der Waals surface area contributed by atoms with Gasteiger partial charge in [-0.2, -0.15) is 0 Å². The van der Waals surface area contributed by atoms with Crippen LogP contribution in [-0.4, -0.2) is 23.8 Å². The van der Waals surface area contributed by atoms with E-state index in [-0.39, 0.29) is 0 Å². The second kappa shape index (κ2) is 6.91. The lowest BCUT2D eigenvalue weighted by atomic mass is 9.69. The molecule has 0 aromatic rings. The average molecular weight is 255 g/mol. The van der Waals surface area contributed by atoms with Crippen molar-refractivity contribution in [2.24, 2.45) is 17.3 Å². The minimum absolute atomic E-state index is 0.294. The van der Waals surface area contributed by atoms with Crippen LogP contribution in [0.15, 0.2) is 0 Å². The van der Waals surface area contributed by atoms with Crippen LogP contribution < -0.4 is 5.32 Å².